The van der Waals surface area contributed by atoms with Gasteiger partial charge in [0.25, 0.3) is 0 Å². The Kier molecular flexibility index (Phi) is 6.42. The summed E-state index contributed by atoms with van der Waals surface area (Å²) < 4.78 is 25.8. The van der Waals surface area contributed by atoms with Crippen LogP contribution in [0, 0.1) is 5.92 Å². The van der Waals surface area contributed by atoms with E-state index in [4.69, 9.17) is 14.8 Å². The fourth-order valence-corrected chi connectivity index (χ4v) is 5.39. The van der Waals surface area contributed by atoms with Gasteiger partial charge in [0.2, 0.25) is 5.91 Å². The van der Waals surface area contributed by atoms with E-state index in [1.165, 1.54) is 0 Å². The second-order valence-electron chi connectivity index (χ2n) is 7.27. The monoisotopic (exact) mass is 402 g/mol. The predicted molar refractivity (Wildman–Crippen MR) is 109 cm³/mol. The van der Waals surface area contributed by atoms with Crippen LogP contribution >= 0.6 is 7.60 Å². The molecule has 0 radical (unpaired) electrons. The molecular formula is C21H27N2O4P. The Bertz CT molecular complexity index is 783. The normalized spacial score (nSPS) is 18.1. The van der Waals surface area contributed by atoms with Crippen molar-refractivity contribution in [1.82, 2.24) is 4.90 Å². The van der Waals surface area contributed by atoms with Crippen molar-refractivity contribution in [2.45, 2.75) is 38.5 Å². The van der Waals surface area contributed by atoms with Gasteiger partial charge in [-0.1, -0.05) is 50.2 Å². The van der Waals surface area contributed by atoms with E-state index in [1.54, 1.807) is 53.4 Å². The summed E-state index contributed by atoms with van der Waals surface area (Å²) in [5.41, 5.74) is 6.09. The van der Waals surface area contributed by atoms with Crippen LogP contribution in [0.1, 0.15) is 26.7 Å². The lowest BCUT2D eigenvalue weighted by Crippen LogP contribution is -2.48. The van der Waals surface area contributed by atoms with E-state index in [1.807, 2.05) is 26.0 Å². The molecule has 1 aliphatic heterocycles. The summed E-state index contributed by atoms with van der Waals surface area (Å²) in [4.78, 5) is 14.5. The number of hydrogen-bond acceptors (Lipinski definition) is 5. The molecule has 28 heavy (non-hydrogen) atoms. The van der Waals surface area contributed by atoms with Crippen molar-refractivity contribution in [3.8, 4) is 11.5 Å². The van der Waals surface area contributed by atoms with E-state index < -0.39 is 19.4 Å². The summed E-state index contributed by atoms with van der Waals surface area (Å²) >= 11 is 0. The molecule has 0 aromatic heterocycles. The average molecular weight is 402 g/mol. The third kappa shape index (κ3) is 4.57. The van der Waals surface area contributed by atoms with Crippen molar-refractivity contribution in [2.24, 2.45) is 11.7 Å². The van der Waals surface area contributed by atoms with E-state index in [-0.39, 0.29) is 11.8 Å². The Hall–Kier alpha value is -2.30. The smallest absolute Gasteiger partial charge is 0.415 e. The lowest BCUT2D eigenvalue weighted by atomic mass is 10.0. The number of carbonyl (C=O) groups excluding carboxylic acids is 1. The Morgan fingerprint density at radius 3 is 2.00 bits per heavy atom. The standard InChI is InChI=1S/C21H27N2O4P/c1-16(2)20(22)21(24)23-15-9-14-19(23)28(25,26-17-10-5-3-6-11-17)27-18-12-7-4-8-13-18/h3-8,10-13,16,19-20H,9,14-15,22H2,1-2H3/t19-,20+/m1/s1. The fraction of sp³-hybridized carbons (Fsp3) is 0.381. The summed E-state index contributed by atoms with van der Waals surface area (Å²) in [6, 6.07) is 17.1. The number of carbonyl (C=O) groups is 1. The zero-order valence-electron chi connectivity index (χ0n) is 16.2. The number of nitrogens with two attached hydrogens (primary N) is 1. The van der Waals surface area contributed by atoms with Crippen LogP contribution in [0.25, 0.3) is 0 Å². The number of rotatable bonds is 7. The minimum absolute atomic E-state index is 0.0155. The average Bonchev–Trinajstić information content (AvgIpc) is 3.19. The SMILES string of the molecule is CC(C)[C@H](N)C(=O)N1CCC[C@H]1P(=O)(Oc1ccccc1)Oc1ccccc1. The first kappa shape index (κ1) is 20.4. The number of amides is 1. The Labute approximate surface area is 166 Å². The maximum atomic E-state index is 14.0. The van der Waals surface area contributed by atoms with Crippen LogP contribution < -0.4 is 14.8 Å². The summed E-state index contributed by atoms with van der Waals surface area (Å²) in [5, 5.41) is 0. The highest BCUT2D eigenvalue weighted by Gasteiger charge is 2.48. The summed E-state index contributed by atoms with van der Waals surface area (Å²) in [6.07, 6.45) is 1.26. The van der Waals surface area contributed by atoms with Crippen LogP contribution in [0.3, 0.4) is 0 Å². The van der Waals surface area contributed by atoms with Gasteiger partial charge < -0.3 is 19.7 Å². The number of hydrogen-bond donors (Lipinski definition) is 1. The summed E-state index contributed by atoms with van der Waals surface area (Å²) in [6.45, 7) is 4.28. The first-order chi connectivity index (χ1) is 13.4. The van der Waals surface area contributed by atoms with Gasteiger partial charge in [0.1, 0.15) is 11.5 Å². The molecule has 1 fully saturated rings. The molecule has 2 N–H and O–H groups in total. The third-order valence-corrected chi connectivity index (χ3v) is 7.02. The molecule has 1 aliphatic rings. The van der Waals surface area contributed by atoms with Crippen LogP contribution in [0.5, 0.6) is 11.5 Å². The topological polar surface area (TPSA) is 81.9 Å². The zero-order chi connectivity index (χ0) is 20.1. The molecule has 2 aromatic carbocycles. The van der Waals surface area contributed by atoms with Crippen molar-refractivity contribution in [3.05, 3.63) is 60.7 Å². The minimum atomic E-state index is -3.74. The number of para-hydroxylation sites is 2. The molecule has 0 saturated carbocycles. The highest BCUT2D eigenvalue weighted by molar-refractivity contribution is 7.55. The molecule has 1 heterocycles. The van der Waals surface area contributed by atoms with E-state index in [2.05, 4.69) is 0 Å². The molecule has 1 amide bonds. The molecule has 3 rings (SSSR count). The quantitative estimate of drug-likeness (QED) is 0.700. The van der Waals surface area contributed by atoms with E-state index in [9.17, 15) is 9.36 Å². The predicted octanol–water partition coefficient (Wildman–Crippen LogP) is 4.27. The van der Waals surface area contributed by atoms with Crippen molar-refractivity contribution in [2.75, 3.05) is 6.54 Å². The Morgan fingerprint density at radius 2 is 1.54 bits per heavy atom. The molecule has 0 bridgehead atoms. The summed E-state index contributed by atoms with van der Waals surface area (Å²) in [7, 11) is -3.74. The highest BCUT2D eigenvalue weighted by Crippen LogP contribution is 2.57. The second kappa shape index (κ2) is 8.80. The zero-order valence-corrected chi connectivity index (χ0v) is 17.1. The van der Waals surface area contributed by atoms with Crippen molar-refractivity contribution in [1.29, 1.82) is 0 Å². The lowest BCUT2D eigenvalue weighted by Gasteiger charge is -2.33. The van der Waals surface area contributed by atoms with Gasteiger partial charge in [0.15, 0.2) is 5.78 Å². The van der Waals surface area contributed by atoms with Crippen molar-refractivity contribution in [3.63, 3.8) is 0 Å². The molecule has 150 valence electrons. The van der Waals surface area contributed by atoms with E-state index >= 15 is 0 Å². The van der Waals surface area contributed by atoms with Crippen LogP contribution in [-0.2, 0) is 9.36 Å². The first-order valence-corrected chi connectivity index (χ1v) is 11.2. The molecule has 6 nitrogen and oxygen atoms in total. The van der Waals surface area contributed by atoms with Gasteiger partial charge in [-0.2, -0.15) is 0 Å². The van der Waals surface area contributed by atoms with Crippen LogP contribution in [0.2, 0.25) is 0 Å². The second-order valence-corrected chi connectivity index (χ2v) is 9.31. The molecule has 0 spiro atoms. The first-order valence-electron chi connectivity index (χ1n) is 9.56. The third-order valence-electron chi connectivity index (χ3n) is 4.82. The summed E-state index contributed by atoms with van der Waals surface area (Å²) in [5.74, 6) is -0.0297. The maximum absolute atomic E-state index is 14.0. The largest absolute Gasteiger partial charge is 0.453 e. The molecule has 0 unspecified atom stereocenters. The number of benzene rings is 2. The van der Waals surface area contributed by atoms with Crippen molar-refractivity contribution >= 4 is 13.5 Å². The van der Waals surface area contributed by atoms with Gasteiger partial charge in [-0.15, -0.1) is 0 Å². The molecule has 0 aliphatic carbocycles. The Morgan fingerprint density at radius 1 is 1.04 bits per heavy atom. The maximum Gasteiger partial charge on any atom is 0.453 e. The number of likely N-dealkylation sites (tertiary alicyclic amines) is 1. The van der Waals surface area contributed by atoms with Gasteiger partial charge >= 0.3 is 7.60 Å². The Balaban J connectivity index is 1.93. The molecular weight excluding hydrogens is 375 g/mol. The van der Waals surface area contributed by atoms with Crippen LogP contribution in [0.15, 0.2) is 60.7 Å². The van der Waals surface area contributed by atoms with Crippen LogP contribution in [0.4, 0.5) is 0 Å². The molecule has 2 atom stereocenters. The van der Waals surface area contributed by atoms with Gasteiger partial charge in [-0.25, -0.2) is 4.57 Å². The highest BCUT2D eigenvalue weighted by atomic mass is 31.2. The van der Waals surface area contributed by atoms with Gasteiger partial charge in [0.05, 0.1) is 6.04 Å². The lowest BCUT2D eigenvalue weighted by molar-refractivity contribution is -0.133. The van der Waals surface area contributed by atoms with Crippen LogP contribution in [-0.4, -0.2) is 29.2 Å². The molecule has 1 saturated heterocycles. The molecule has 7 heteroatoms. The minimum Gasteiger partial charge on any atom is -0.415 e. The van der Waals surface area contributed by atoms with Crippen molar-refractivity contribution < 1.29 is 18.4 Å². The van der Waals surface area contributed by atoms with Gasteiger partial charge in [-0.05, 0) is 43.0 Å². The fourth-order valence-electron chi connectivity index (χ4n) is 3.21. The van der Waals surface area contributed by atoms with Gasteiger partial charge in [0, 0.05) is 6.54 Å². The van der Waals surface area contributed by atoms with E-state index in [0.717, 1.165) is 6.42 Å². The van der Waals surface area contributed by atoms with E-state index in [0.29, 0.717) is 24.5 Å². The molecule has 2 aromatic rings. The van der Waals surface area contributed by atoms with Gasteiger partial charge in [-0.3, -0.25) is 4.79 Å². The number of nitrogens with zero attached hydrogens (tertiary/aromatic N) is 1.